The SMILES string of the molecule is N[C@H]1CCN(C(=O)N2CCN(Cc3ccc(F)cc3)c3ccccc32)C1. The number of nitrogens with two attached hydrogens (primary N) is 1. The first kappa shape index (κ1) is 16.8. The van der Waals surface area contributed by atoms with Crippen molar-refractivity contribution in [1.29, 1.82) is 0 Å². The topological polar surface area (TPSA) is 52.8 Å². The molecule has 2 aromatic carbocycles. The van der Waals surface area contributed by atoms with E-state index in [1.54, 1.807) is 12.1 Å². The molecular weight excluding hydrogens is 331 g/mol. The van der Waals surface area contributed by atoms with E-state index in [-0.39, 0.29) is 17.9 Å². The smallest absolute Gasteiger partial charge is 0.324 e. The maximum absolute atomic E-state index is 13.1. The van der Waals surface area contributed by atoms with Crippen molar-refractivity contribution in [2.24, 2.45) is 5.73 Å². The van der Waals surface area contributed by atoms with Crippen LogP contribution in [-0.4, -0.2) is 43.2 Å². The van der Waals surface area contributed by atoms with E-state index in [9.17, 15) is 9.18 Å². The van der Waals surface area contributed by atoms with Gasteiger partial charge in [0.15, 0.2) is 0 Å². The van der Waals surface area contributed by atoms with Crippen LogP contribution in [0.1, 0.15) is 12.0 Å². The van der Waals surface area contributed by atoms with Gasteiger partial charge in [0.05, 0.1) is 11.4 Å². The molecular formula is C20H23FN4O. The summed E-state index contributed by atoms with van der Waals surface area (Å²) < 4.78 is 13.1. The lowest BCUT2D eigenvalue weighted by molar-refractivity contribution is 0.214. The third-order valence-corrected chi connectivity index (χ3v) is 5.12. The average molecular weight is 354 g/mol. The molecule has 0 unspecified atom stereocenters. The minimum Gasteiger partial charge on any atom is -0.364 e. The summed E-state index contributed by atoms with van der Waals surface area (Å²) in [6, 6.07) is 14.7. The highest BCUT2D eigenvalue weighted by Gasteiger charge is 2.32. The molecule has 0 aromatic heterocycles. The van der Waals surface area contributed by atoms with E-state index in [1.165, 1.54) is 12.1 Å². The number of nitrogens with zero attached hydrogens (tertiary/aromatic N) is 3. The molecule has 5 nitrogen and oxygen atoms in total. The number of para-hydroxylation sites is 2. The zero-order chi connectivity index (χ0) is 18.1. The van der Waals surface area contributed by atoms with Crippen LogP contribution in [0.25, 0.3) is 0 Å². The van der Waals surface area contributed by atoms with Gasteiger partial charge < -0.3 is 15.5 Å². The van der Waals surface area contributed by atoms with E-state index in [0.717, 1.165) is 36.4 Å². The molecule has 0 spiro atoms. The Balaban J connectivity index is 1.56. The zero-order valence-corrected chi connectivity index (χ0v) is 14.6. The lowest BCUT2D eigenvalue weighted by Crippen LogP contribution is -2.49. The summed E-state index contributed by atoms with van der Waals surface area (Å²) >= 11 is 0. The molecule has 0 saturated carbocycles. The van der Waals surface area contributed by atoms with E-state index in [0.29, 0.717) is 19.6 Å². The Kier molecular flexibility index (Phi) is 4.51. The minimum atomic E-state index is -0.228. The van der Waals surface area contributed by atoms with Gasteiger partial charge in [-0.05, 0) is 36.2 Å². The van der Waals surface area contributed by atoms with E-state index in [2.05, 4.69) is 4.90 Å². The third kappa shape index (κ3) is 3.24. The monoisotopic (exact) mass is 354 g/mol. The number of carbonyl (C=O) groups excluding carboxylic acids is 1. The molecule has 0 bridgehead atoms. The van der Waals surface area contributed by atoms with Gasteiger partial charge >= 0.3 is 6.03 Å². The Hall–Kier alpha value is -2.60. The van der Waals surface area contributed by atoms with Crippen LogP contribution in [0.3, 0.4) is 0 Å². The summed E-state index contributed by atoms with van der Waals surface area (Å²) in [6.45, 7) is 3.39. The van der Waals surface area contributed by atoms with Crippen molar-refractivity contribution in [2.75, 3.05) is 36.0 Å². The minimum absolute atomic E-state index is 0.0341. The maximum Gasteiger partial charge on any atom is 0.324 e. The van der Waals surface area contributed by atoms with E-state index in [1.807, 2.05) is 34.1 Å². The summed E-state index contributed by atoms with van der Waals surface area (Å²) in [6.07, 6.45) is 0.859. The average Bonchev–Trinajstić information content (AvgIpc) is 3.10. The molecule has 2 aliphatic heterocycles. The van der Waals surface area contributed by atoms with Gasteiger partial charge in [-0.15, -0.1) is 0 Å². The highest BCUT2D eigenvalue weighted by atomic mass is 19.1. The molecule has 1 saturated heterocycles. The Labute approximate surface area is 152 Å². The Morgan fingerprint density at radius 1 is 1.04 bits per heavy atom. The Bertz CT molecular complexity index is 795. The number of urea groups is 1. The van der Waals surface area contributed by atoms with Crippen LogP contribution in [-0.2, 0) is 6.54 Å². The lowest BCUT2D eigenvalue weighted by atomic mass is 10.1. The van der Waals surface area contributed by atoms with Crippen LogP contribution in [0.5, 0.6) is 0 Å². The fourth-order valence-corrected chi connectivity index (χ4v) is 3.73. The van der Waals surface area contributed by atoms with Gasteiger partial charge in [-0.2, -0.15) is 0 Å². The van der Waals surface area contributed by atoms with Crippen LogP contribution in [0.2, 0.25) is 0 Å². The van der Waals surface area contributed by atoms with Gasteiger partial charge in [0.2, 0.25) is 0 Å². The fraction of sp³-hybridized carbons (Fsp3) is 0.350. The number of fused-ring (bicyclic) bond motifs is 1. The summed E-state index contributed by atoms with van der Waals surface area (Å²) in [7, 11) is 0. The molecule has 1 atom stereocenters. The molecule has 136 valence electrons. The predicted molar refractivity (Wildman–Crippen MR) is 101 cm³/mol. The van der Waals surface area contributed by atoms with Crippen molar-refractivity contribution in [3.8, 4) is 0 Å². The van der Waals surface area contributed by atoms with Gasteiger partial charge in [-0.3, -0.25) is 4.90 Å². The van der Waals surface area contributed by atoms with Crippen LogP contribution in [0, 0.1) is 5.82 Å². The number of likely N-dealkylation sites (tertiary alicyclic amines) is 1. The number of benzene rings is 2. The zero-order valence-electron chi connectivity index (χ0n) is 14.6. The number of anilines is 2. The molecule has 2 aliphatic rings. The van der Waals surface area contributed by atoms with Crippen molar-refractivity contribution >= 4 is 17.4 Å². The van der Waals surface area contributed by atoms with Crippen LogP contribution in [0.4, 0.5) is 20.6 Å². The van der Waals surface area contributed by atoms with Crippen molar-refractivity contribution in [1.82, 2.24) is 4.90 Å². The molecule has 4 rings (SSSR count). The third-order valence-electron chi connectivity index (χ3n) is 5.12. The second-order valence-corrected chi connectivity index (χ2v) is 6.97. The largest absolute Gasteiger partial charge is 0.364 e. The molecule has 26 heavy (non-hydrogen) atoms. The number of halogens is 1. The highest BCUT2D eigenvalue weighted by molar-refractivity contribution is 5.97. The van der Waals surface area contributed by atoms with E-state index < -0.39 is 0 Å². The maximum atomic E-state index is 13.1. The van der Waals surface area contributed by atoms with Crippen LogP contribution >= 0.6 is 0 Å². The standard InChI is InChI=1S/C20H23FN4O/c21-16-7-5-15(6-8-16)13-23-11-12-25(19-4-2-1-3-18(19)23)20(26)24-10-9-17(22)14-24/h1-8,17H,9-14,22H2/t17-/m0/s1. The van der Waals surface area contributed by atoms with Gasteiger partial charge in [-0.25, -0.2) is 9.18 Å². The normalized spacial score (nSPS) is 19.6. The molecule has 2 heterocycles. The second-order valence-electron chi connectivity index (χ2n) is 6.97. The number of rotatable bonds is 2. The van der Waals surface area contributed by atoms with Crippen molar-refractivity contribution < 1.29 is 9.18 Å². The quantitative estimate of drug-likeness (QED) is 0.902. The molecule has 2 N–H and O–H groups in total. The van der Waals surface area contributed by atoms with Crippen molar-refractivity contribution in [3.63, 3.8) is 0 Å². The summed E-state index contributed by atoms with van der Waals surface area (Å²) in [5.41, 5.74) is 8.96. The van der Waals surface area contributed by atoms with Crippen molar-refractivity contribution in [3.05, 3.63) is 59.9 Å². The van der Waals surface area contributed by atoms with Gasteiger partial charge in [0.25, 0.3) is 0 Å². The van der Waals surface area contributed by atoms with Crippen LogP contribution in [0.15, 0.2) is 48.5 Å². The first-order valence-electron chi connectivity index (χ1n) is 9.02. The number of hydrogen-bond donors (Lipinski definition) is 1. The fourth-order valence-electron chi connectivity index (χ4n) is 3.73. The number of hydrogen-bond acceptors (Lipinski definition) is 3. The highest BCUT2D eigenvalue weighted by Crippen LogP contribution is 2.34. The lowest BCUT2D eigenvalue weighted by Gasteiger charge is -2.39. The molecule has 0 radical (unpaired) electrons. The van der Waals surface area contributed by atoms with E-state index in [4.69, 9.17) is 5.73 Å². The number of carbonyl (C=O) groups is 1. The van der Waals surface area contributed by atoms with Gasteiger partial charge in [0.1, 0.15) is 5.82 Å². The molecule has 1 fully saturated rings. The van der Waals surface area contributed by atoms with Gasteiger partial charge in [0, 0.05) is 38.8 Å². The first-order valence-corrected chi connectivity index (χ1v) is 9.02. The van der Waals surface area contributed by atoms with Crippen molar-refractivity contribution in [2.45, 2.75) is 19.0 Å². The molecule has 6 heteroatoms. The molecule has 2 aromatic rings. The Morgan fingerprint density at radius 3 is 2.46 bits per heavy atom. The number of amides is 2. The predicted octanol–water partition coefficient (Wildman–Crippen LogP) is 2.81. The summed E-state index contributed by atoms with van der Waals surface area (Å²) in [4.78, 5) is 18.9. The van der Waals surface area contributed by atoms with Crippen LogP contribution < -0.4 is 15.5 Å². The Morgan fingerprint density at radius 2 is 1.77 bits per heavy atom. The summed E-state index contributed by atoms with van der Waals surface area (Å²) in [5.74, 6) is -0.228. The molecule has 0 aliphatic carbocycles. The van der Waals surface area contributed by atoms with E-state index >= 15 is 0 Å². The summed E-state index contributed by atoms with van der Waals surface area (Å²) in [5, 5.41) is 0. The molecule has 2 amide bonds. The van der Waals surface area contributed by atoms with Gasteiger partial charge in [-0.1, -0.05) is 24.3 Å². The second kappa shape index (κ2) is 6.96. The first-order chi connectivity index (χ1) is 12.6.